The molecule has 3 heterocycles. The van der Waals surface area contributed by atoms with Crippen LogP contribution in [0.15, 0.2) is 33.1 Å². The van der Waals surface area contributed by atoms with E-state index in [0.717, 1.165) is 22.7 Å². The second-order valence-corrected chi connectivity index (χ2v) is 8.52. The molecule has 12 heteroatoms. The van der Waals surface area contributed by atoms with Gasteiger partial charge in [-0.05, 0) is 54.3 Å². The molecule has 4 rings (SSSR count). The van der Waals surface area contributed by atoms with Crippen LogP contribution in [0.3, 0.4) is 0 Å². The number of amides is 1. The van der Waals surface area contributed by atoms with Gasteiger partial charge in [0.1, 0.15) is 17.2 Å². The lowest BCUT2D eigenvalue weighted by Gasteiger charge is -2.08. The lowest BCUT2D eigenvalue weighted by Crippen LogP contribution is -2.14. The van der Waals surface area contributed by atoms with Gasteiger partial charge in [0, 0.05) is 12.8 Å². The monoisotopic (exact) mass is 514 g/mol. The van der Waals surface area contributed by atoms with Gasteiger partial charge in [0.2, 0.25) is 5.89 Å². The van der Waals surface area contributed by atoms with Crippen molar-refractivity contribution in [3.05, 3.63) is 57.2 Å². The molecule has 0 bridgehead atoms. The number of carbonyl (C=O) groups excluding carboxylic acids is 1. The maximum atomic E-state index is 12.3. The van der Waals surface area contributed by atoms with Gasteiger partial charge < -0.3 is 18.7 Å². The number of carbonyl (C=O) groups is 2. The molecule has 0 radical (unpaired) electrons. The summed E-state index contributed by atoms with van der Waals surface area (Å²) in [6.07, 6.45) is 1.03. The van der Waals surface area contributed by atoms with E-state index < -0.39 is 12.1 Å². The molecule has 180 valence electrons. The standard InChI is InChI=1S/C23H19ClN4O6S/c1-13-6-2-3-7-14(13)12-32-23(31)27-19-15(35-28-20(19)24)10-11-17-26-22-21(34-17)25-16(33-22)8-4-5-9-18(29)30/h2-3,6-7H,4-5,8-9,12H2,1H3,(H,27,31)(H,29,30). The number of anilines is 1. The van der Waals surface area contributed by atoms with Crippen molar-refractivity contribution in [2.24, 2.45) is 0 Å². The molecule has 0 saturated carbocycles. The van der Waals surface area contributed by atoms with Gasteiger partial charge in [0.25, 0.3) is 17.3 Å². The molecule has 0 aliphatic heterocycles. The minimum Gasteiger partial charge on any atom is -0.481 e. The molecule has 0 aliphatic carbocycles. The van der Waals surface area contributed by atoms with Gasteiger partial charge in [-0.3, -0.25) is 10.1 Å². The first-order valence-corrected chi connectivity index (χ1v) is 11.7. The van der Waals surface area contributed by atoms with E-state index in [4.69, 9.17) is 30.3 Å². The highest BCUT2D eigenvalue weighted by Crippen LogP contribution is 2.29. The van der Waals surface area contributed by atoms with E-state index in [2.05, 4.69) is 31.5 Å². The Kier molecular flexibility index (Phi) is 7.64. The van der Waals surface area contributed by atoms with Crippen LogP contribution in [0.1, 0.15) is 47.0 Å². The molecule has 4 aromatic rings. The smallest absolute Gasteiger partial charge is 0.412 e. The Balaban J connectivity index is 1.38. The second kappa shape index (κ2) is 11.0. The zero-order valence-corrected chi connectivity index (χ0v) is 20.0. The molecule has 2 N–H and O–H groups in total. The summed E-state index contributed by atoms with van der Waals surface area (Å²) < 4.78 is 20.3. The third-order valence-electron chi connectivity index (χ3n) is 4.83. The molecular formula is C23H19ClN4O6S. The van der Waals surface area contributed by atoms with Crippen LogP contribution in [0.25, 0.3) is 11.4 Å². The van der Waals surface area contributed by atoms with Gasteiger partial charge in [-0.1, -0.05) is 35.9 Å². The molecule has 0 saturated heterocycles. The van der Waals surface area contributed by atoms with E-state index in [1.165, 1.54) is 0 Å². The van der Waals surface area contributed by atoms with Gasteiger partial charge in [-0.15, -0.1) is 0 Å². The molecule has 1 aromatic carbocycles. The van der Waals surface area contributed by atoms with Crippen molar-refractivity contribution >= 4 is 52.3 Å². The molecule has 3 aromatic heterocycles. The summed E-state index contributed by atoms with van der Waals surface area (Å²) in [5, 5.41) is 11.3. The number of carboxylic acid groups (broad SMARTS) is 1. The number of hydrogen-bond donors (Lipinski definition) is 2. The zero-order valence-electron chi connectivity index (χ0n) is 18.5. The number of ether oxygens (including phenoxy) is 1. The largest absolute Gasteiger partial charge is 0.481 e. The Hall–Kier alpha value is -3.88. The maximum absolute atomic E-state index is 12.3. The van der Waals surface area contributed by atoms with Crippen LogP contribution in [0.2, 0.25) is 5.15 Å². The second-order valence-electron chi connectivity index (χ2n) is 7.39. The summed E-state index contributed by atoms with van der Waals surface area (Å²) in [5.74, 6) is 5.22. The number of oxazole rings is 2. The molecule has 0 atom stereocenters. The number of rotatable bonds is 8. The lowest BCUT2D eigenvalue weighted by molar-refractivity contribution is -0.137. The molecule has 0 spiro atoms. The highest BCUT2D eigenvalue weighted by Gasteiger charge is 2.16. The number of carboxylic acids is 1. The van der Waals surface area contributed by atoms with E-state index in [-0.39, 0.29) is 41.2 Å². The van der Waals surface area contributed by atoms with E-state index in [9.17, 15) is 9.59 Å². The van der Waals surface area contributed by atoms with Crippen LogP contribution in [-0.4, -0.2) is 31.5 Å². The van der Waals surface area contributed by atoms with Crippen LogP contribution in [0.4, 0.5) is 10.5 Å². The average Bonchev–Trinajstić information content (AvgIpc) is 3.48. The number of aliphatic carboxylic acids is 1. The number of nitrogens with zero attached hydrogens (tertiary/aromatic N) is 3. The Morgan fingerprint density at radius 1 is 1.17 bits per heavy atom. The SMILES string of the molecule is Cc1ccccc1COC(=O)Nc1c(Cl)nsc1C#Cc1nc2oc(CCCCC(=O)O)nc2o1. The van der Waals surface area contributed by atoms with Crippen LogP contribution in [0, 0.1) is 18.8 Å². The van der Waals surface area contributed by atoms with Gasteiger partial charge in [0.15, 0.2) is 5.15 Å². The van der Waals surface area contributed by atoms with Crippen molar-refractivity contribution < 1.29 is 28.3 Å². The fourth-order valence-electron chi connectivity index (χ4n) is 3.02. The Bertz CT molecular complexity index is 1400. The van der Waals surface area contributed by atoms with Gasteiger partial charge in [-0.2, -0.15) is 14.3 Å². The van der Waals surface area contributed by atoms with Crippen molar-refractivity contribution in [3.63, 3.8) is 0 Å². The number of aryl methyl sites for hydroxylation is 2. The first-order valence-electron chi connectivity index (χ1n) is 10.5. The zero-order chi connectivity index (χ0) is 24.8. The maximum Gasteiger partial charge on any atom is 0.412 e. The Morgan fingerprint density at radius 3 is 2.74 bits per heavy atom. The van der Waals surface area contributed by atoms with Crippen LogP contribution < -0.4 is 5.32 Å². The van der Waals surface area contributed by atoms with Crippen molar-refractivity contribution in [1.82, 2.24) is 14.3 Å². The topological polar surface area (TPSA) is 141 Å². The third-order valence-corrected chi connectivity index (χ3v) is 5.97. The number of fused-ring (bicyclic) bond motifs is 1. The van der Waals surface area contributed by atoms with Gasteiger partial charge in [-0.25, -0.2) is 4.79 Å². The van der Waals surface area contributed by atoms with E-state index in [0.29, 0.717) is 30.0 Å². The summed E-state index contributed by atoms with van der Waals surface area (Å²) in [4.78, 5) is 31.6. The predicted molar refractivity (Wildman–Crippen MR) is 127 cm³/mol. The highest BCUT2D eigenvalue weighted by atomic mass is 35.5. The lowest BCUT2D eigenvalue weighted by atomic mass is 10.1. The molecule has 0 unspecified atom stereocenters. The minimum atomic E-state index is -0.837. The number of benzene rings is 1. The number of hydrogen-bond acceptors (Lipinski definition) is 9. The van der Waals surface area contributed by atoms with Crippen molar-refractivity contribution in [3.8, 4) is 11.8 Å². The molecule has 0 aliphatic rings. The van der Waals surface area contributed by atoms with E-state index in [1.54, 1.807) is 0 Å². The van der Waals surface area contributed by atoms with Crippen molar-refractivity contribution in [1.29, 1.82) is 0 Å². The van der Waals surface area contributed by atoms with Crippen LogP contribution in [0.5, 0.6) is 0 Å². The first-order chi connectivity index (χ1) is 16.9. The summed E-state index contributed by atoms with van der Waals surface area (Å²) in [5.41, 5.74) is 2.53. The molecule has 10 nitrogen and oxygen atoms in total. The summed E-state index contributed by atoms with van der Waals surface area (Å²) >= 11 is 7.11. The summed E-state index contributed by atoms with van der Waals surface area (Å²) in [7, 11) is 0. The average molecular weight is 515 g/mol. The molecule has 0 fully saturated rings. The van der Waals surface area contributed by atoms with E-state index >= 15 is 0 Å². The number of aromatic nitrogens is 3. The summed E-state index contributed by atoms with van der Waals surface area (Å²) in [6.45, 7) is 2.04. The van der Waals surface area contributed by atoms with Crippen LogP contribution in [-0.2, 0) is 22.6 Å². The quantitative estimate of drug-likeness (QED) is 0.240. The molecular weight excluding hydrogens is 496 g/mol. The van der Waals surface area contributed by atoms with Gasteiger partial charge in [0.05, 0.1) is 0 Å². The third kappa shape index (κ3) is 6.38. The molecule has 35 heavy (non-hydrogen) atoms. The van der Waals surface area contributed by atoms with E-state index in [1.807, 2.05) is 31.2 Å². The van der Waals surface area contributed by atoms with Gasteiger partial charge >= 0.3 is 12.1 Å². The fraction of sp³-hybridized carbons (Fsp3) is 0.261. The predicted octanol–water partition coefficient (Wildman–Crippen LogP) is 5.18. The highest BCUT2D eigenvalue weighted by molar-refractivity contribution is 7.07. The minimum absolute atomic E-state index is 0.0706. The fourth-order valence-corrected chi connectivity index (χ4v) is 3.92. The summed E-state index contributed by atoms with van der Waals surface area (Å²) in [6, 6.07) is 7.59. The Morgan fingerprint density at radius 2 is 1.97 bits per heavy atom. The molecule has 1 amide bonds. The van der Waals surface area contributed by atoms with Crippen molar-refractivity contribution in [2.45, 2.75) is 39.2 Å². The Labute approximate surface area is 208 Å². The number of unbranched alkanes of at least 4 members (excludes halogenated alkanes) is 1. The number of nitrogens with one attached hydrogen (secondary N) is 1. The van der Waals surface area contributed by atoms with Crippen molar-refractivity contribution in [2.75, 3.05) is 5.32 Å². The first kappa shape index (κ1) is 24.3. The number of halogens is 1. The normalized spacial score (nSPS) is 10.7. The van der Waals surface area contributed by atoms with Crippen LogP contribution >= 0.6 is 23.1 Å².